The van der Waals surface area contributed by atoms with E-state index in [0.29, 0.717) is 0 Å². The Morgan fingerprint density at radius 2 is 1.93 bits per heavy atom. The maximum absolute atomic E-state index is 12.8. The lowest BCUT2D eigenvalue weighted by atomic mass is 10.3. The van der Waals surface area contributed by atoms with E-state index < -0.39 is 11.6 Å². The highest BCUT2D eigenvalue weighted by Crippen LogP contribution is 2.21. The van der Waals surface area contributed by atoms with Crippen molar-refractivity contribution in [1.82, 2.24) is 9.78 Å². The summed E-state index contributed by atoms with van der Waals surface area (Å²) < 4.78 is 32.1. The fourth-order valence-corrected chi connectivity index (χ4v) is 1.11. The summed E-state index contributed by atoms with van der Waals surface area (Å²) in [5, 5.41) is 3.86. The van der Waals surface area contributed by atoms with E-state index in [0.717, 1.165) is 18.2 Å². The highest BCUT2D eigenvalue weighted by Gasteiger charge is 2.04. The van der Waals surface area contributed by atoms with Crippen LogP contribution in [0, 0.1) is 17.8 Å². The lowest BCUT2D eigenvalue weighted by Gasteiger charge is -2.01. The zero-order chi connectivity index (χ0) is 10.8. The second kappa shape index (κ2) is 3.68. The van der Waals surface area contributed by atoms with Gasteiger partial charge in [0.25, 0.3) is 0 Å². The predicted octanol–water partition coefficient (Wildman–Crippen LogP) is 2.29. The molecular weight excluding hydrogens is 202 g/mol. The van der Waals surface area contributed by atoms with Gasteiger partial charge in [0.05, 0.1) is 6.20 Å². The lowest BCUT2D eigenvalue weighted by molar-refractivity contribution is 0.444. The van der Waals surface area contributed by atoms with E-state index in [2.05, 4.69) is 11.3 Å². The van der Waals surface area contributed by atoms with Crippen molar-refractivity contribution in [3.8, 4) is 11.6 Å². The van der Waals surface area contributed by atoms with Crippen LogP contribution >= 0.6 is 0 Å². The van der Waals surface area contributed by atoms with Crippen LogP contribution < -0.4 is 4.74 Å². The van der Waals surface area contributed by atoms with Gasteiger partial charge in [-0.1, -0.05) is 0 Å². The van der Waals surface area contributed by atoms with Gasteiger partial charge in [-0.3, -0.25) is 4.68 Å². The number of hydrogen-bond acceptors (Lipinski definition) is 2. The SMILES string of the molecule is Cn1[c]cc(Oc2cc(F)cc(F)c2)n1. The highest BCUT2D eigenvalue weighted by molar-refractivity contribution is 5.27. The average Bonchev–Trinajstić information content (AvgIpc) is 2.49. The number of aromatic nitrogens is 2. The standard InChI is InChI=1S/C10H7F2N2O/c1-14-3-2-10(13-14)15-9-5-7(11)4-8(12)6-9/h2,4-6H,1H3. The van der Waals surface area contributed by atoms with Crippen molar-refractivity contribution in [2.75, 3.05) is 0 Å². The molecule has 1 radical (unpaired) electrons. The van der Waals surface area contributed by atoms with E-state index in [9.17, 15) is 8.78 Å². The molecule has 3 nitrogen and oxygen atoms in total. The molecule has 0 N–H and O–H groups in total. The van der Waals surface area contributed by atoms with Gasteiger partial charge in [0, 0.05) is 31.3 Å². The van der Waals surface area contributed by atoms with Crippen LogP contribution in [-0.4, -0.2) is 9.78 Å². The molecule has 0 aliphatic rings. The molecule has 0 aliphatic heterocycles. The molecule has 77 valence electrons. The van der Waals surface area contributed by atoms with Crippen molar-refractivity contribution in [1.29, 1.82) is 0 Å². The number of aryl methyl sites for hydroxylation is 1. The molecule has 5 heteroatoms. The van der Waals surface area contributed by atoms with Crippen LogP contribution in [0.5, 0.6) is 11.6 Å². The summed E-state index contributed by atoms with van der Waals surface area (Å²) in [4.78, 5) is 0. The number of rotatable bonds is 2. The van der Waals surface area contributed by atoms with Gasteiger partial charge in [-0.05, 0) is 0 Å². The number of nitrogens with zero attached hydrogens (tertiary/aromatic N) is 2. The molecule has 2 aromatic rings. The van der Waals surface area contributed by atoms with Gasteiger partial charge in [-0.15, -0.1) is 5.10 Å². The molecule has 1 heterocycles. The van der Waals surface area contributed by atoms with Gasteiger partial charge in [0.1, 0.15) is 17.4 Å². The Labute approximate surface area is 84.9 Å². The molecular formula is C10H7F2N2O. The quantitative estimate of drug-likeness (QED) is 0.758. The Hall–Kier alpha value is -1.91. The number of hydrogen-bond donors (Lipinski definition) is 0. The molecule has 1 aromatic carbocycles. The minimum Gasteiger partial charge on any atom is -0.437 e. The summed E-state index contributed by atoms with van der Waals surface area (Å²) in [7, 11) is 1.67. The summed E-state index contributed by atoms with van der Waals surface area (Å²) in [6, 6.07) is 4.41. The number of benzene rings is 1. The van der Waals surface area contributed by atoms with Crippen LogP contribution in [0.2, 0.25) is 0 Å². The summed E-state index contributed by atoms with van der Waals surface area (Å²) in [5.41, 5.74) is 0. The molecule has 15 heavy (non-hydrogen) atoms. The summed E-state index contributed by atoms with van der Waals surface area (Å²) in [6.45, 7) is 0. The van der Waals surface area contributed by atoms with Gasteiger partial charge in [-0.25, -0.2) is 8.78 Å². The first-order valence-electron chi connectivity index (χ1n) is 4.19. The number of ether oxygens (including phenoxy) is 1. The van der Waals surface area contributed by atoms with Crippen LogP contribution in [0.4, 0.5) is 8.78 Å². The van der Waals surface area contributed by atoms with Gasteiger partial charge in [0.2, 0.25) is 5.88 Å². The Kier molecular flexibility index (Phi) is 2.37. The van der Waals surface area contributed by atoms with Crippen molar-refractivity contribution >= 4 is 0 Å². The van der Waals surface area contributed by atoms with Gasteiger partial charge >= 0.3 is 0 Å². The van der Waals surface area contributed by atoms with E-state index in [4.69, 9.17) is 4.74 Å². The van der Waals surface area contributed by atoms with Crippen LogP contribution in [-0.2, 0) is 7.05 Å². The third kappa shape index (κ3) is 2.31. The average molecular weight is 209 g/mol. The van der Waals surface area contributed by atoms with Crippen molar-refractivity contribution in [3.05, 3.63) is 42.1 Å². The highest BCUT2D eigenvalue weighted by atomic mass is 19.1. The van der Waals surface area contributed by atoms with Gasteiger partial charge in [-0.2, -0.15) is 0 Å². The summed E-state index contributed by atoms with van der Waals surface area (Å²) >= 11 is 0. The molecule has 0 saturated heterocycles. The van der Waals surface area contributed by atoms with Crippen molar-refractivity contribution < 1.29 is 13.5 Å². The fraction of sp³-hybridized carbons (Fsp3) is 0.100. The zero-order valence-electron chi connectivity index (χ0n) is 7.87. The Balaban J connectivity index is 2.24. The second-order valence-corrected chi connectivity index (χ2v) is 2.94. The summed E-state index contributed by atoms with van der Waals surface area (Å²) in [6.07, 6.45) is 2.71. The Bertz CT molecular complexity index is 462. The van der Waals surface area contributed by atoms with Crippen LogP contribution in [0.15, 0.2) is 24.3 Å². The molecule has 0 amide bonds. The van der Waals surface area contributed by atoms with Crippen LogP contribution in [0.1, 0.15) is 0 Å². The minimum atomic E-state index is -0.690. The first-order chi connectivity index (χ1) is 7.13. The topological polar surface area (TPSA) is 27.1 Å². The molecule has 0 bridgehead atoms. The van der Waals surface area contributed by atoms with Crippen molar-refractivity contribution in [2.45, 2.75) is 0 Å². The van der Waals surface area contributed by atoms with Crippen LogP contribution in [0.25, 0.3) is 0 Å². The molecule has 1 aromatic heterocycles. The second-order valence-electron chi connectivity index (χ2n) is 2.94. The molecule has 2 rings (SSSR count). The fourth-order valence-electron chi connectivity index (χ4n) is 1.11. The van der Waals surface area contributed by atoms with Crippen molar-refractivity contribution in [2.24, 2.45) is 7.05 Å². The Morgan fingerprint density at radius 3 is 2.47 bits per heavy atom. The lowest BCUT2D eigenvalue weighted by Crippen LogP contribution is -1.91. The molecule has 0 saturated carbocycles. The number of halogens is 2. The smallest absolute Gasteiger partial charge is 0.238 e. The largest absolute Gasteiger partial charge is 0.437 e. The van der Waals surface area contributed by atoms with E-state index in [-0.39, 0.29) is 11.6 Å². The minimum absolute atomic E-state index is 0.0691. The van der Waals surface area contributed by atoms with Gasteiger partial charge < -0.3 is 4.74 Å². The van der Waals surface area contributed by atoms with E-state index >= 15 is 0 Å². The molecule has 0 fully saturated rings. The maximum Gasteiger partial charge on any atom is 0.238 e. The molecule has 0 atom stereocenters. The molecule has 0 aliphatic carbocycles. The normalized spacial score (nSPS) is 10.3. The Morgan fingerprint density at radius 1 is 1.27 bits per heavy atom. The van der Waals surface area contributed by atoms with Crippen molar-refractivity contribution in [3.63, 3.8) is 0 Å². The van der Waals surface area contributed by atoms with Crippen LogP contribution in [0.3, 0.4) is 0 Å². The first kappa shape index (κ1) is 9.64. The third-order valence-electron chi connectivity index (χ3n) is 1.68. The van der Waals surface area contributed by atoms with E-state index in [1.54, 1.807) is 7.05 Å². The maximum atomic E-state index is 12.8. The monoisotopic (exact) mass is 209 g/mol. The predicted molar refractivity (Wildman–Crippen MR) is 48.5 cm³/mol. The van der Waals surface area contributed by atoms with E-state index in [1.165, 1.54) is 10.7 Å². The van der Waals surface area contributed by atoms with Gasteiger partial charge in [0.15, 0.2) is 0 Å². The molecule has 0 unspecified atom stereocenters. The first-order valence-corrected chi connectivity index (χ1v) is 4.19. The molecule has 0 spiro atoms. The zero-order valence-corrected chi connectivity index (χ0v) is 7.87. The van der Waals surface area contributed by atoms with E-state index in [1.807, 2.05) is 0 Å². The summed E-state index contributed by atoms with van der Waals surface area (Å²) in [5.74, 6) is -1.07. The third-order valence-corrected chi connectivity index (χ3v) is 1.68.